The molecule has 4 aromatic rings. The second-order valence-electron chi connectivity index (χ2n) is 8.56. The highest BCUT2D eigenvalue weighted by Crippen LogP contribution is 2.28. The minimum atomic E-state index is -0.660. The Labute approximate surface area is 209 Å². The quantitative estimate of drug-likeness (QED) is 0.283. The zero-order valence-corrected chi connectivity index (χ0v) is 20.6. The van der Waals surface area contributed by atoms with Crippen molar-refractivity contribution in [2.24, 2.45) is 0 Å². The molecule has 184 valence electrons. The number of nitrogens with zero attached hydrogens (tertiary/aromatic N) is 3. The molecule has 0 amide bonds. The summed E-state index contributed by atoms with van der Waals surface area (Å²) in [7, 11) is 1.50. The van der Waals surface area contributed by atoms with E-state index in [9.17, 15) is 14.0 Å². The smallest absolute Gasteiger partial charge is 0.262 e. The number of methoxy groups -OCH3 is 1. The molecule has 0 saturated heterocycles. The summed E-state index contributed by atoms with van der Waals surface area (Å²) in [6.45, 7) is 7.73. The minimum Gasteiger partial charge on any atom is -0.495 e. The van der Waals surface area contributed by atoms with E-state index in [1.165, 1.54) is 17.9 Å². The predicted octanol–water partition coefficient (Wildman–Crippen LogP) is 5.75. The second kappa shape index (κ2) is 10.6. The molecule has 0 aliphatic carbocycles. The normalized spacial score (nSPS) is 11.8. The number of ketones is 1. The van der Waals surface area contributed by atoms with E-state index in [0.717, 1.165) is 29.3 Å². The number of benzene rings is 2. The number of pyridine rings is 1. The van der Waals surface area contributed by atoms with Crippen molar-refractivity contribution in [1.82, 2.24) is 14.1 Å². The van der Waals surface area contributed by atoms with Gasteiger partial charge in [-0.05, 0) is 48.7 Å². The lowest BCUT2D eigenvalue weighted by Crippen LogP contribution is -2.31. The highest BCUT2D eigenvalue weighted by atomic mass is 19.1. The Morgan fingerprint density at radius 1 is 1.19 bits per heavy atom. The van der Waals surface area contributed by atoms with E-state index in [2.05, 4.69) is 11.6 Å². The maximum atomic E-state index is 14.8. The van der Waals surface area contributed by atoms with Gasteiger partial charge >= 0.3 is 0 Å². The van der Waals surface area contributed by atoms with Gasteiger partial charge in [-0.3, -0.25) is 9.59 Å². The molecule has 1 unspecified atom stereocenters. The van der Waals surface area contributed by atoms with E-state index < -0.39 is 23.2 Å². The van der Waals surface area contributed by atoms with Gasteiger partial charge in [0.2, 0.25) is 0 Å². The van der Waals surface area contributed by atoms with Gasteiger partial charge in [-0.1, -0.05) is 50.3 Å². The molecule has 2 heterocycles. The van der Waals surface area contributed by atoms with Crippen LogP contribution in [-0.2, 0) is 0 Å². The molecule has 0 aliphatic heterocycles. The molecule has 2 aromatic carbocycles. The van der Waals surface area contributed by atoms with Crippen molar-refractivity contribution in [3.8, 4) is 11.4 Å². The lowest BCUT2D eigenvalue weighted by molar-refractivity contribution is 0.103. The van der Waals surface area contributed by atoms with Gasteiger partial charge in [-0.2, -0.15) is 0 Å². The highest BCUT2D eigenvalue weighted by molar-refractivity contribution is 6.09. The fourth-order valence-corrected chi connectivity index (χ4v) is 4.42. The van der Waals surface area contributed by atoms with E-state index in [1.807, 2.05) is 44.3 Å². The van der Waals surface area contributed by atoms with E-state index in [-0.39, 0.29) is 11.1 Å². The van der Waals surface area contributed by atoms with E-state index in [1.54, 1.807) is 35.2 Å². The minimum absolute atomic E-state index is 0.222. The molecule has 0 spiro atoms. The van der Waals surface area contributed by atoms with Crippen LogP contribution in [0.5, 0.6) is 5.75 Å². The first-order chi connectivity index (χ1) is 17.4. The molecule has 0 fully saturated rings. The van der Waals surface area contributed by atoms with Crippen LogP contribution >= 0.6 is 0 Å². The maximum absolute atomic E-state index is 14.8. The van der Waals surface area contributed by atoms with Crippen LogP contribution in [0.2, 0.25) is 0 Å². The first-order valence-electron chi connectivity index (χ1n) is 11.7. The van der Waals surface area contributed by atoms with E-state index in [4.69, 9.17) is 4.74 Å². The van der Waals surface area contributed by atoms with Crippen LogP contribution in [-0.4, -0.2) is 27.0 Å². The largest absolute Gasteiger partial charge is 0.495 e. The fraction of sp³-hybridized carbons (Fsp3) is 0.207. The third-order valence-electron chi connectivity index (χ3n) is 6.16. The Morgan fingerprint density at radius 3 is 2.64 bits per heavy atom. The van der Waals surface area contributed by atoms with Crippen LogP contribution < -0.4 is 10.3 Å². The number of hydrogen-bond donors (Lipinski definition) is 0. The summed E-state index contributed by atoms with van der Waals surface area (Å²) in [6, 6.07) is 13.0. The van der Waals surface area contributed by atoms with Crippen molar-refractivity contribution in [2.45, 2.75) is 32.7 Å². The summed E-state index contributed by atoms with van der Waals surface area (Å²) in [5.74, 6) is -0.807. The average Bonchev–Trinajstić information content (AvgIpc) is 3.33. The molecule has 7 heteroatoms. The molecule has 0 aliphatic rings. The zero-order valence-electron chi connectivity index (χ0n) is 20.6. The lowest BCUT2D eigenvalue weighted by Gasteiger charge is -2.22. The van der Waals surface area contributed by atoms with Gasteiger partial charge in [0, 0.05) is 18.0 Å². The molecule has 0 radical (unpaired) electrons. The Kier molecular flexibility index (Phi) is 7.29. The zero-order chi connectivity index (χ0) is 25.8. The summed E-state index contributed by atoms with van der Waals surface area (Å²) in [4.78, 5) is 31.3. The monoisotopic (exact) mass is 485 g/mol. The topological polar surface area (TPSA) is 66.1 Å². The molecule has 36 heavy (non-hydrogen) atoms. The van der Waals surface area contributed by atoms with Crippen LogP contribution in [0.3, 0.4) is 0 Å². The third kappa shape index (κ3) is 4.77. The van der Waals surface area contributed by atoms with Crippen LogP contribution in [0.25, 0.3) is 11.8 Å². The number of carbonyl (C=O) groups excluding carboxylic acids is 1. The third-order valence-corrected chi connectivity index (χ3v) is 6.16. The fourth-order valence-electron chi connectivity index (χ4n) is 4.42. The average molecular weight is 486 g/mol. The molecule has 2 aromatic heterocycles. The summed E-state index contributed by atoms with van der Waals surface area (Å²) >= 11 is 0. The number of rotatable bonds is 9. The van der Waals surface area contributed by atoms with Gasteiger partial charge in [-0.25, -0.2) is 9.37 Å². The van der Waals surface area contributed by atoms with Crippen LogP contribution in [0.15, 0.2) is 78.6 Å². The SMILES string of the molecule is C=Cc1ccccc1C(CCC)n1cc(F)cc(C(=O)c2ccc(-n3cnc(C)c3)c(OC)c2)c1=O. The molecular formula is C29H28FN3O3. The second-order valence-corrected chi connectivity index (χ2v) is 8.56. The standard InChI is InChI=1S/C29H28FN3O3/c1-5-9-25(23-11-8-7-10-20(23)6-2)33-17-22(30)15-24(29(33)35)28(34)21-12-13-26(27(14-21)36-4)32-16-19(3)31-18-32/h6-8,10-18,25H,2,5,9H2,1,3-4H3. The number of aromatic nitrogens is 3. The first-order valence-corrected chi connectivity index (χ1v) is 11.7. The Balaban J connectivity index is 1.80. The molecule has 0 N–H and O–H groups in total. The van der Waals surface area contributed by atoms with Crippen molar-refractivity contribution in [2.75, 3.05) is 7.11 Å². The predicted molar refractivity (Wildman–Crippen MR) is 139 cm³/mol. The van der Waals surface area contributed by atoms with E-state index in [0.29, 0.717) is 17.9 Å². The number of aryl methyl sites for hydroxylation is 1. The van der Waals surface area contributed by atoms with Crippen molar-refractivity contribution in [1.29, 1.82) is 0 Å². The number of halogens is 1. The molecule has 0 saturated carbocycles. The molecule has 1 atom stereocenters. The van der Waals surface area contributed by atoms with Gasteiger partial charge in [0.15, 0.2) is 5.78 Å². The number of carbonyl (C=O) groups is 1. The molecular weight excluding hydrogens is 457 g/mol. The van der Waals surface area contributed by atoms with Crippen LogP contribution in [0, 0.1) is 12.7 Å². The first kappa shape index (κ1) is 24.9. The van der Waals surface area contributed by atoms with Gasteiger partial charge in [0.25, 0.3) is 5.56 Å². The van der Waals surface area contributed by atoms with Gasteiger partial charge < -0.3 is 13.9 Å². The summed E-state index contributed by atoms with van der Waals surface area (Å²) in [6.07, 6.45) is 7.71. The van der Waals surface area contributed by atoms with Crippen molar-refractivity contribution < 1.29 is 13.9 Å². The molecule has 0 bridgehead atoms. The Hall–Kier alpha value is -4.26. The van der Waals surface area contributed by atoms with Gasteiger partial charge in [-0.15, -0.1) is 0 Å². The molecule has 4 rings (SSSR count). The Morgan fingerprint density at radius 2 is 1.97 bits per heavy atom. The summed E-state index contributed by atoms with van der Waals surface area (Å²) < 4.78 is 23.5. The van der Waals surface area contributed by atoms with Gasteiger partial charge in [0.05, 0.1) is 36.4 Å². The van der Waals surface area contributed by atoms with Gasteiger partial charge in [0.1, 0.15) is 11.6 Å². The van der Waals surface area contributed by atoms with Crippen molar-refractivity contribution in [3.05, 3.63) is 118 Å². The van der Waals surface area contributed by atoms with Crippen LogP contribution in [0.4, 0.5) is 4.39 Å². The van der Waals surface area contributed by atoms with Crippen LogP contribution in [0.1, 0.15) is 58.5 Å². The van der Waals surface area contributed by atoms with E-state index >= 15 is 0 Å². The Bertz CT molecular complexity index is 1490. The number of imidazole rings is 1. The maximum Gasteiger partial charge on any atom is 0.262 e. The summed E-state index contributed by atoms with van der Waals surface area (Å²) in [5, 5.41) is 0. The van der Waals surface area contributed by atoms with Crippen molar-refractivity contribution >= 4 is 11.9 Å². The number of ether oxygens (including phenoxy) is 1. The number of hydrogen-bond acceptors (Lipinski definition) is 4. The summed E-state index contributed by atoms with van der Waals surface area (Å²) in [5.41, 5.74) is 2.66. The lowest BCUT2D eigenvalue weighted by atomic mass is 9.96. The molecule has 6 nitrogen and oxygen atoms in total. The highest BCUT2D eigenvalue weighted by Gasteiger charge is 2.23. The van der Waals surface area contributed by atoms with Crippen molar-refractivity contribution in [3.63, 3.8) is 0 Å².